The normalized spacial score (nSPS) is 10.1. The summed E-state index contributed by atoms with van der Waals surface area (Å²) in [6, 6.07) is 4.70. The standard InChI is InChI=1S/C10H14FNO/c1-3-12-7-8-4-9(11)6-10(5-8)13-2/h4-6,12H,3,7H2,1-2H3. The molecule has 0 aliphatic heterocycles. The van der Waals surface area contributed by atoms with Gasteiger partial charge < -0.3 is 10.1 Å². The van der Waals surface area contributed by atoms with Crippen molar-refractivity contribution in [1.82, 2.24) is 5.32 Å². The summed E-state index contributed by atoms with van der Waals surface area (Å²) < 4.78 is 17.9. The maximum absolute atomic E-state index is 12.9. The molecule has 0 bridgehead atoms. The quantitative estimate of drug-likeness (QED) is 0.770. The van der Waals surface area contributed by atoms with Gasteiger partial charge in [-0.15, -0.1) is 0 Å². The molecule has 1 N–H and O–H groups in total. The fraction of sp³-hybridized carbons (Fsp3) is 0.400. The van der Waals surface area contributed by atoms with E-state index in [0.29, 0.717) is 12.3 Å². The molecule has 3 heteroatoms. The molecule has 1 aromatic rings. The lowest BCUT2D eigenvalue weighted by molar-refractivity contribution is 0.410. The first kappa shape index (κ1) is 9.99. The first-order valence-electron chi connectivity index (χ1n) is 4.30. The van der Waals surface area contributed by atoms with E-state index in [1.807, 2.05) is 13.0 Å². The SMILES string of the molecule is CCNCc1cc(F)cc(OC)c1. The van der Waals surface area contributed by atoms with E-state index in [2.05, 4.69) is 5.32 Å². The number of nitrogens with one attached hydrogen (secondary N) is 1. The Morgan fingerprint density at radius 2 is 2.15 bits per heavy atom. The first-order chi connectivity index (χ1) is 6.26. The fourth-order valence-corrected chi connectivity index (χ4v) is 1.11. The maximum atomic E-state index is 12.9. The molecule has 72 valence electrons. The molecular formula is C10H14FNO. The van der Waals surface area contributed by atoms with Gasteiger partial charge in [0.05, 0.1) is 7.11 Å². The van der Waals surface area contributed by atoms with Gasteiger partial charge in [0.15, 0.2) is 0 Å². The van der Waals surface area contributed by atoms with Crippen LogP contribution in [0.3, 0.4) is 0 Å². The van der Waals surface area contributed by atoms with Gasteiger partial charge in [0.1, 0.15) is 11.6 Å². The molecule has 0 radical (unpaired) electrons. The van der Waals surface area contributed by atoms with Crippen molar-refractivity contribution >= 4 is 0 Å². The van der Waals surface area contributed by atoms with Gasteiger partial charge in [-0.2, -0.15) is 0 Å². The first-order valence-corrected chi connectivity index (χ1v) is 4.30. The molecule has 0 fully saturated rings. The second-order valence-electron chi connectivity index (χ2n) is 2.78. The lowest BCUT2D eigenvalue weighted by Gasteiger charge is -2.05. The predicted molar refractivity (Wildman–Crippen MR) is 50.3 cm³/mol. The smallest absolute Gasteiger partial charge is 0.127 e. The number of methoxy groups -OCH3 is 1. The van der Waals surface area contributed by atoms with Crippen molar-refractivity contribution in [1.29, 1.82) is 0 Å². The summed E-state index contributed by atoms with van der Waals surface area (Å²) in [6.07, 6.45) is 0. The van der Waals surface area contributed by atoms with Crippen LogP contribution in [0.4, 0.5) is 4.39 Å². The minimum Gasteiger partial charge on any atom is -0.497 e. The lowest BCUT2D eigenvalue weighted by atomic mass is 10.2. The summed E-state index contributed by atoms with van der Waals surface area (Å²) in [6.45, 7) is 3.56. The molecule has 0 spiro atoms. The van der Waals surface area contributed by atoms with Crippen LogP contribution in [0.2, 0.25) is 0 Å². The molecule has 13 heavy (non-hydrogen) atoms. The molecule has 0 aliphatic carbocycles. The topological polar surface area (TPSA) is 21.3 Å². The zero-order valence-corrected chi connectivity index (χ0v) is 7.93. The second kappa shape index (κ2) is 4.82. The highest BCUT2D eigenvalue weighted by molar-refractivity contribution is 5.29. The van der Waals surface area contributed by atoms with E-state index in [4.69, 9.17) is 4.74 Å². The largest absolute Gasteiger partial charge is 0.497 e. The molecule has 0 heterocycles. The van der Waals surface area contributed by atoms with E-state index in [1.165, 1.54) is 19.2 Å². The molecule has 0 atom stereocenters. The van der Waals surface area contributed by atoms with Crippen molar-refractivity contribution in [3.05, 3.63) is 29.6 Å². The molecule has 2 nitrogen and oxygen atoms in total. The number of benzene rings is 1. The molecule has 0 saturated heterocycles. The highest BCUT2D eigenvalue weighted by Gasteiger charge is 1.99. The Bertz CT molecular complexity index is 276. The van der Waals surface area contributed by atoms with E-state index in [1.54, 1.807) is 0 Å². The van der Waals surface area contributed by atoms with E-state index in [-0.39, 0.29) is 5.82 Å². The van der Waals surface area contributed by atoms with E-state index in [0.717, 1.165) is 12.1 Å². The fourth-order valence-electron chi connectivity index (χ4n) is 1.11. The van der Waals surface area contributed by atoms with E-state index >= 15 is 0 Å². The van der Waals surface area contributed by atoms with Gasteiger partial charge in [-0.25, -0.2) is 4.39 Å². The van der Waals surface area contributed by atoms with Crippen LogP contribution in [0.5, 0.6) is 5.75 Å². The minimum absolute atomic E-state index is 0.257. The molecule has 0 saturated carbocycles. The summed E-state index contributed by atoms with van der Waals surface area (Å²) in [7, 11) is 1.53. The summed E-state index contributed by atoms with van der Waals surface area (Å²) in [4.78, 5) is 0. The van der Waals surface area contributed by atoms with Crippen LogP contribution in [-0.4, -0.2) is 13.7 Å². The number of hydrogen-bond acceptors (Lipinski definition) is 2. The summed E-state index contributed by atoms with van der Waals surface area (Å²) in [5.41, 5.74) is 0.902. The van der Waals surface area contributed by atoms with Crippen LogP contribution in [0, 0.1) is 5.82 Å². The number of rotatable bonds is 4. The van der Waals surface area contributed by atoms with Crippen molar-refractivity contribution in [2.45, 2.75) is 13.5 Å². The monoisotopic (exact) mass is 183 g/mol. The van der Waals surface area contributed by atoms with Crippen molar-refractivity contribution < 1.29 is 9.13 Å². The van der Waals surface area contributed by atoms with Crippen LogP contribution in [0.1, 0.15) is 12.5 Å². The zero-order valence-electron chi connectivity index (χ0n) is 7.93. The van der Waals surface area contributed by atoms with Crippen LogP contribution in [-0.2, 0) is 6.54 Å². The van der Waals surface area contributed by atoms with Crippen molar-refractivity contribution in [2.24, 2.45) is 0 Å². The Hall–Kier alpha value is -1.09. The third-order valence-electron chi connectivity index (χ3n) is 1.75. The van der Waals surface area contributed by atoms with Gasteiger partial charge in [0.2, 0.25) is 0 Å². The molecule has 1 rings (SSSR count). The van der Waals surface area contributed by atoms with Crippen LogP contribution in [0.25, 0.3) is 0 Å². The van der Waals surface area contributed by atoms with Gasteiger partial charge in [0, 0.05) is 12.6 Å². The van der Waals surface area contributed by atoms with Crippen molar-refractivity contribution in [2.75, 3.05) is 13.7 Å². The average Bonchev–Trinajstić information content (AvgIpc) is 2.14. The molecular weight excluding hydrogens is 169 g/mol. The van der Waals surface area contributed by atoms with Crippen molar-refractivity contribution in [3.63, 3.8) is 0 Å². The predicted octanol–water partition coefficient (Wildman–Crippen LogP) is 1.94. The number of ether oxygens (including phenoxy) is 1. The summed E-state index contributed by atoms with van der Waals surface area (Å²) >= 11 is 0. The Labute approximate surface area is 77.7 Å². The Morgan fingerprint density at radius 1 is 1.38 bits per heavy atom. The average molecular weight is 183 g/mol. The van der Waals surface area contributed by atoms with E-state index in [9.17, 15) is 4.39 Å². The molecule has 0 aromatic heterocycles. The minimum atomic E-state index is -0.257. The summed E-state index contributed by atoms with van der Waals surface area (Å²) in [5, 5.41) is 3.12. The Balaban J connectivity index is 2.76. The molecule has 0 aliphatic rings. The van der Waals surface area contributed by atoms with Gasteiger partial charge in [-0.1, -0.05) is 6.92 Å². The Kier molecular flexibility index (Phi) is 3.71. The van der Waals surface area contributed by atoms with Crippen LogP contribution >= 0.6 is 0 Å². The third kappa shape index (κ3) is 3.03. The van der Waals surface area contributed by atoms with Crippen LogP contribution < -0.4 is 10.1 Å². The summed E-state index contributed by atoms with van der Waals surface area (Å²) in [5.74, 6) is 0.306. The van der Waals surface area contributed by atoms with E-state index < -0.39 is 0 Å². The van der Waals surface area contributed by atoms with Crippen LogP contribution in [0.15, 0.2) is 18.2 Å². The van der Waals surface area contributed by atoms with Gasteiger partial charge in [0.25, 0.3) is 0 Å². The molecule has 0 unspecified atom stereocenters. The van der Waals surface area contributed by atoms with Gasteiger partial charge >= 0.3 is 0 Å². The molecule has 1 aromatic carbocycles. The van der Waals surface area contributed by atoms with Crippen molar-refractivity contribution in [3.8, 4) is 5.75 Å². The maximum Gasteiger partial charge on any atom is 0.127 e. The number of hydrogen-bond donors (Lipinski definition) is 1. The lowest BCUT2D eigenvalue weighted by Crippen LogP contribution is -2.11. The van der Waals surface area contributed by atoms with Gasteiger partial charge in [-0.05, 0) is 24.2 Å². The second-order valence-corrected chi connectivity index (χ2v) is 2.78. The highest BCUT2D eigenvalue weighted by Crippen LogP contribution is 2.15. The molecule has 0 amide bonds. The highest BCUT2D eigenvalue weighted by atomic mass is 19.1. The Morgan fingerprint density at radius 3 is 2.77 bits per heavy atom. The number of halogens is 1. The third-order valence-corrected chi connectivity index (χ3v) is 1.75. The zero-order chi connectivity index (χ0) is 9.68. The van der Waals surface area contributed by atoms with Gasteiger partial charge in [-0.3, -0.25) is 0 Å².